The summed E-state index contributed by atoms with van der Waals surface area (Å²) in [7, 11) is -4.02. The standard InChI is InChI=1S/C27H28N6O3S/c28-26(29)19-8-4-7-18(15-19)25-27(32-20-9-11-21(34)12-10-20)31-16-23(33-25)37(35,36)22-13-14-30-24(22)17-5-2-1-3-6-17/h1-8,13-16,20-21,30,34H,9-12H2,(H3,28,29)(H,31,32). The lowest BCUT2D eigenvalue weighted by Crippen LogP contribution is -2.29. The Kier molecular flexibility index (Phi) is 6.77. The summed E-state index contributed by atoms with van der Waals surface area (Å²) in [6.07, 6.45) is 5.45. The number of sulfone groups is 1. The molecular weight excluding hydrogens is 488 g/mol. The van der Waals surface area contributed by atoms with Crippen LogP contribution in [0.1, 0.15) is 31.2 Å². The number of aromatic amines is 1. The summed E-state index contributed by atoms with van der Waals surface area (Å²) in [5.74, 6) is 0.340. The summed E-state index contributed by atoms with van der Waals surface area (Å²) in [6, 6.07) is 17.8. The van der Waals surface area contributed by atoms with Crippen molar-refractivity contribution in [2.45, 2.75) is 47.8 Å². The molecular formula is C27H28N6O3S. The first-order valence-electron chi connectivity index (χ1n) is 12.1. The number of nitrogens with one attached hydrogen (secondary N) is 3. The van der Waals surface area contributed by atoms with Crippen molar-refractivity contribution >= 4 is 21.5 Å². The van der Waals surface area contributed by atoms with Gasteiger partial charge in [0.25, 0.3) is 0 Å². The SMILES string of the molecule is N=C(N)c1cccc(-c2nc(S(=O)(=O)c3cc[nH]c3-c3ccccc3)cnc2NC2CCC(O)CC2)c1. The van der Waals surface area contributed by atoms with Crippen LogP contribution in [-0.4, -0.2) is 46.5 Å². The van der Waals surface area contributed by atoms with Crippen LogP contribution in [0.5, 0.6) is 0 Å². The lowest BCUT2D eigenvalue weighted by Gasteiger charge is -2.27. The molecule has 9 nitrogen and oxygen atoms in total. The third kappa shape index (κ3) is 5.11. The van der Waals surface area contributed by atoms with E-state index in [1.165, 1.54) is 12.3 Å². The largest absolute Gasteiger partial charge is 0.393 e. The predicted molar refractivity (Wildman–Crippen MR) is 142 cm³/mol. The van der Waals surface area contributed by atoms with Crippen molar-refractivity contribution in [2.75, 3.05) is 5.32 Å². The Hall–Kier alpha value is -4.02. The van der Waals surface area contributed by atoms with Gasteiger partial charge in [0, 0.05) is 23.4 Å². The highest BCUT2D eigenvalue weighted by Gasteiger charge is 2.27. The van der Waals surface area contributed by atoms with Gasteiger partial charge < -0.3 is 21.1 Å². The zero-order valence-corrected chi connectivity index (χ0v) is 20.9. The molecule has 37 heavy (non-hydrogen) atoms. The lowest BCUT2D eigenvalue weighted by molar-refractivity contribution is 0.126. The number of hydrogen-bond donors (Lipinski definition) is 5. The number of hydrogen-bond acceptors (Lipinski definition) is 7. The fraction of sp³-hybridized carbons (Fsp3) is 0.222. The first-order chi connectivity index (χ1) is 17.8. The van der Waals surface area contributed by atoms with Crippen LogP contribution >= 0.6 is 0 Å². The van der Waals surface area contributed by atoms with E-state index in [0.29, 0.717) is 41.2 Å². The average molecular weight is 517 g/mol. The maximum atomic E-state index is 13.8. The normalized spacial score (nSPS) is 17.9. The van der Waals surface area contributed by atoms with E-state index in [4.69, 9.17) is 11.1 Å². The van der Waals surface area contributed by atoms with Crippen LogP contribution in [0.3, 0.4) is 0 Å². The van der Waals surface area contributed by atoms with Gasteiger partial charge in [0.15, 0.2) is 10.8 Å². The number of nitrogens with two attached hydrogens (primary N) is 1. The summed E-state index contributed by atoms with van der Waals surface area (Å²) < 4.78 is 27.5. The van der Waals surface area contributed by atoms with Crippen molar-refractivity contribution in [3.05, 3.63) is 78.6 Å². The number of amidine groups is 1. The van der Waals surface area contributed by atoms with Crippen molar-refractivity contribution in [3.8, 4) is 22.5 Å². The van der Waals surface area contributed by atoms with Crippen molar-refractivity contribution in [2.24, 2.45) is 5.73 Å². The second-order valence-corrected chi connectivity index (χ2v) is 11.0. The molecule has 5 rings (SSSR count). The van der Waals surface area contributed by atoms with E-state index in [2.05, 4.69) is 20.3 Å². The molecule has 0 unspecified atom stereocenters. The Balaban J connectivity index is 1.59. The van der Waals surface area contributed by atoms with E-state index in [0.717, 1.165) is 18.4 Å². The highest BCUT2D eigenvalue weighted by atomic mass is 32.2. The van der Waals surface area contributed by atoms with Crippen LogP contribution in [0.15, 0.2) is 83.0 Å². The van der Waals surface area contributed by atoms with Crippen molar-refractivity contribution < 1.29 is 13.5 Å². The second-order valence-electron chi connectivity index (χ2n) is 9.14. The van der Waals surface area contributed by atoms with Gasteiger partial charge in [-0.1, -0.05) is 48.5 Å². The molecule has 2 heterocycles. The van der Waals surface area contributed by atoms with Gasteiger partial charge in [0.05, 0.1) is 22.9 Å². The van der Waals surface area contributed by atoms with Gasteiger partial charge in [-0.05, 0) is 43.4 Å². The topological polar surface area (TPSA) is 158 Å². The van der Waals surface area contributed by atoms with E-state index in [1.807, 2.05) is 30.3 Å². The number of aliphatic hydroxyl groups is 1. The molecule has 1 saturated carbocycles. The zero-order valence-electron chi connectivity index (χ0n) is 20.1. The van der Waals surface area contributed by atoms with Crippen LogP contribution in [0.25, 0.3) is 22.5 Å². The van der Waals surface area contributed by atoms with Crippen molar-refractivity contribution in [1.82, 2.24) is 15.0 Å². The van der Waals surface area contributed by atoms with Gasteiger partial charge in [-0.25, -0.2) is 18.4 Å². The van der Waals surface area contributed by atoms with Crippen LogP contribution in [0.2, 0.25) is 0 Å². The Labute approximate surface area is 215 Å². The lowest BCUT2D eigenvalue weighted by atomic mass is 9.93. The molecule has 6 N–H and O–H groups in total. The number of aromatic nitrogens is 3. The van der Waals surface area contributed by atoms with Crippen LogP contribution in [-0.2, 0) is 9.84 Å². The number of nitrogen functional groups attached to an aromatic ring is 1. The molecule has 2 aromatic carbocycles. The minimum Gasteiger partial charge on any atom is -0.393 e. The summed E-state index contributed by atoms with van der Waals surface area (Å²) >= 11 is 0. The molecule has 0 amide bonds. The minimum absolute atomic E-state index is 0.0734. The molecule has 2 aromatic heterocycles. The summed E-state index contributed by atoms with van der Waals surface area (Å²) in [4.78, 5) is 12.3. The molecule has 0 saturated heterocycles. The van der Waals surface area contributed by atoms with E-state index < -0.39 is 9.84 Å². The van der Waals surface area contributed by atoms with Gasteiger partial charge >= 0.3 is 0 Å². The summed E-state index contributed by atoms with van der Waals surface area (Å²) in [6.45, 7) is 0. The van der Waals surface area contributed by atoms with Crippen molar-refractivity contribution in [3.63, 3.8) is 0 Å². The van der Waals surface area contributed by atoms with Crippen LogP contribution in [0.4, 0.5) is 5.82 Å². The third-order valence-corrected chi connectivity index (χ3v) is 8.24. The van der Waals surface area contributed by atoms with E-state index in [9.17, 15) is 13.5 Å². The van der Waals surface area contributed by atoms with Gasteiger partial charge in [-0.2, -0.15) is 0 Å². The maximum Gasteiger partial charge on any atom is 0.227 e. The number of H-pyrrole nitrogens is 1. The van der Waals surface area contributed by atoms with E-state index in [1.54, 1.807) is 30.5 Å². The minimum atomic E-state index is -4.02. The quantitative estimate of drug-likeness (QED) is 0.184. The Morgan fingerprint density at radius 3 is 2.49 bits per heavy atom. The molecule has 0 atom stereocenters. The molecule has 1 fully saturated rings. The molecule has 0 bridgehead atoms. The monoisotopic (exact) mass is 516 g/mol. The molecule has 0 spiro atoms. The third-order valence-electron chi connectivity index (χ3n) is 6.57. The highest BCUT2D eigenvalue weighted by molar-refractivity contribution is 7.91. The molecule has 1 aliphatic rings. The van der Waals surface area contributed by atoms with E-state index in [-0.39, 0.29) is 27.9 Å². The molecule has 0 aliphatic heterocycles. The van der Waals surface area contributed by atoms with Gasteiger partial charge in [-0.15, -0.1) is 0 Å². The smallest absolute Gasteiger partial charge is 0.227 e. The zero-order chi connectivity index (χ0) is 26.0. The average Bonchev–Trinajstić information content (AvgIpc) is 3.42. The van der Waals surface area contributed by atoms with Gasteiger partial charge in [-0.3, -0.25) is 5.41 Å². The number of benzene rings is 2. The number of rotatable bonds is 7. The molecule has 1 aliphatic carbocycles. The summed E-state index contributed by atoms with van der Waals surface area (Å²) in [5.41, 5.74) is 8.37. The van der Waals surface area contributed by atoms with Crippen LogP contribution < -0.4 is 11.1 Å². The second kappa shape index (κ2) is 10.2. The highest BCUT2D eigenvalue weighted by Crippen LogP contribution is 2.33. The fourth-order valence-electron chi connectivity index (χ4n) is 4.58. The first kappa shape index (κ1) is 24.7. The van der Waals surface area contributed by atoms with E-state index >= 15 is 0 Å². The van der Waals surface area contributed by atoms with Gasteiger partial charge in [0.2, 0.25) is 9.84 Å². The van der Waals surface area contributed by atoms with Crippen LogP contribution in [0, 0.1) is 5.41 Å². The Bertz CT molecular complexity index is 1530. The maximum absolute atomic E-state index is 13.8. The molecule has 4 aromatic rings. The van der Waals surface area contributed by atoms with Crippen molar-refractivity contribution in [1.29, 1.82) is 5.41 Å². The predicted octanol–water partition coefficient (Wildman–Crippen LogP) is 3.97. The Morgan fingerprint density at radius 2 is 1.76 bits per heavy atom. The van der Waals surface area contributed by atoms with Gasteiger partial charge in [0.1, 0.15) is 11.5 Å². The number of aliphatic hydroxyl groups excluding tert-OH is 1. The first-order valence-corrected chi connectivity index (χ1v) is 13.6. The number of nitrogens with zero attached hydrogens (tertiary/aromatic N) is 2. The molecule has 190 valence electrons. The Morgan fingerprint density at radius 1 is 1.03 bits per heavy atom. The number of anilines is 1. The molecule has 10 heteroatoms. The molecule has 0 radical (unpaired) electrons. The summed E-state index contributed by atoms with van der Waals surface area (Å²) in [5, 5.41) is 20.9. The fourth-order valence-corrected chi connectivity index (χ4v) is 5.90.